The molecule has 0 saturated carbocycles. The van der Waals surface area contributed by atoms with E-state index in [0.717, 1.165) is 23.9 Å². The van der Waals surface area contributed by atoms with Crippen molar-refractivity contribution < 1.29 is 32.2 Å². The van der Waals surface area contributed by atoms with Crippen molar-refractivity contribution >= 4 is 46.4 Å². The second-order valence-electron chi connectivity index (χ2n) is 7.23. The second-order valence-corrected chi connectivity index (χ2v) is 8.68. The number of piperazine rings is 1. The van der Waals surface area contributed by atoms with Gasteiger partial charge >= 0.3 is 6.18 Å². The number of halogens is 4. The van der Waals surface area contributed by atoms with Crippen molar-refractivity contribution in [3.63, 3.8) is 0 Å². The minimum absolute atomic E-state index is 0.0548. The number of nitrogens with zero attached hydrogens (tertiary/aromatic N) is 2. The molecule has 2 amide bonds. The number of rotatable bonds is 4. The highest BCUT2D eigenvalue weighted by atomic mass is 35.5. The predicted octanol–water partition coefficient (Wildman–Crippen LogP) is 4.56. The highest BCUT2D eigenvalue weighted by Crippen LogP contribution is 2.42. The Hall–Kier alpha value is -3.18. The van der Waals surface area contributed by atoms with Crippen LogP contribution in [0.5, 0.6) is 17.2 Å². The molecule has 1 fully saturated rings. The number of nitrogens with one attached hydrogen (secondary N) is 1. The lowest BCUT2D eigenvalue weighted by molar-refractivity contribution is -0.138. The van der Waals surface area contributed by atoms with Crippen molar-refractivity contribution in [3.05, 3.63) is 57.5 Å². The van der Waals surface area contributed by atoms with E-state index >= 15 is 0 Å². The minimum Gasteiger partial charge on any atom is -0.493 e. The zero-order valence-electron chi connectivity index (χ0n) is 17.6. The topological polar surface area (TPSA) is 80.2 Å². The Labute approximate surface area is 201 Å². The Morgan fingerprint density at radius 1 is 1.15 bits per heavy atom. The van der Waals surface area contributed by atoms with Gasteiger partial charge in [-0.2, -0.15) is 18.2 Å². The van der Waals surface area contributed by atoms with Crippen LogP contribution in [0.25, 0.3) is 6.08 Å². The van der Waals surface area contributed by atoms with Gasteiger partial charge in [0, 0.05) is 18.1 Å². The van der Waals surface area contributed by atoms with Crippen LogP contribution in [0.3, 0.4) is 0 Å². The van der Waals surface area contributed by atoms with Crippen molar-refractivity contribution in [3.8, 4) is 17.2 Å². The first-order valence-corrected chi connectivity index (χ1v) is 11.1. The molecule has 12 heteroatoms. The van der Waals surface area contributed by atoms with Crippen molar-refractivity contribution in [2.75, 3.05) is 26.7 Å². The standard InChI is InChI=1S/C22H17ClF3N3O4S/c1-32-17-8-12(9-18-20(31)28-21(34-18)29-7-6-27-19(30)11-29)2-4-16(17)33-15-5-3-13(23)10-14(15)22(24,25)26/h2-5,8-10H,6-7,11H2,1H3,(H,27,30). The van der Waals surface area contributed by atoms with Crippen LogP contribution in [0.15, 0.2) is 46.3 Å². The number of carbonyl (C=O) groups excluding carboxylic acids is 2. The third kappa shape index (κ3) is 5.31. The zero-order valence-corrected chi connectivity index (χ0v) is 19.2. The average molecular weight is 512 g/mol. The van der Waals surface area contributed by atoms with Gasteiger partial charge in [0.15, 0.2) is 16.7 Å². The van der Waals surface area contributed by atoms with Crippen LogP contribution < -0.4 is 14.8 Å². The fraction of sp³-hybridized carbons (Fsp3) is 0.227. The zero-order chi connectivity index (χ0) is 24.5. The van der Waals surface area contributed by atoms with Gasteiger partial charge in [0.2, 0.25) is 5.91 Å². The Morgan fingerprint density at radius 3 is 2.62 bits per heavy atom. The summed E-state index contributed by atoms with van der Waals surface area (Å²) < 4.78 is 50.9. The molecule has 0 aliphatic carbocycles. The monoisotopic (exact) mass is 511 g/mol. The highest BCUT2D eigenvalue weighted by Gasteiger charge is 2.35. The lowest BCUT2D eigenvalue weighted by atomic mass is 10.1. The van der Waals surface area contributed by atoms with Gasteiger partial charge in [-0.1, -0.05) is 17.7 Å². The van der Waals surface area contributed by atoms with Gasteiger partial charge in [0.05, 0.1) is 24.1 Å². The summed E-state index contributed by atoms with van der Waals surface area (Å²) >= 11 is 6.86. The molecule has 34 heavy (non-hydrogen) atoms. The van der Waals surface area contributed by atoms with Crippen LogP contribution in [-0.4, -0.2) is 48.6 Å². The molecular weight excluding hydrogens is 495 g/mol. The molecule has 0 atom stereocenters. The van der Waals surface area contributed by atoms with Gasteiger partial charge < -0.3 is 19.7 Å². The Balaban J connectivity index is 1.55. The maximum atomic E-state index is 13.4. The van der Waals surface area contributed by atoms with Crippen molar-refractivity contribution in [1.82, 2.24) is 10.2 Å². The van der Waals surface area contributed by atoms with E-state index in [1.54, 1.807) is 17.0 Å². The van der Waals surface area contributed by atoms with Gasteiger partial charge in [0.25, 0.3) is 5.91 Å². The number of alkyl halides is 3. The van der Waals surface area contributed by atoms with Gasteiger partial charge in [0.1, 0.15) is 5.75 Å². The van der Waals surface area contributed by atoms with Gasteiger partial charge in [-0.3, -0.25) is 9.59 Å². The molecule has 0 radical (unpaired) electrons. The van der Waals surface area contributed by atoms with Crippen LogP contribution in [0.2, 0.25) is 5.02 Å². The molecule has 4 rings (SSSR count). The van der Waals surface area contributed by atoms with Crippen molar-refractivity contribution in [2.24, 2.45) is 4.99 Å². The summed E-state index contributed by atoms with van der Waals surface area (Å²) in [7, 11) is 1.35. The molecule has 2 aromatic rings. The SMILES string of the molecule is COc1cc(C=C2SC(N3CCNC(=O)C3)=NC2=O)ccc1Oc1ccc(Cl)cc1C(F)(F)F. The first-order chi connectivity index (χ1) is 16.1. The molecule has 0 spiro atoms. The largest absolute Gasteiger partial charge is 0.493 e. The van der Waals surface area contributed by atoms with Crippen LogP contribution in [0, 0.1) is 0 Å². The van der Waals surface area contributed by atoms with Gasteiger partial charge in [-0.05, 0) is 53.7 Å². The van der Waals surface area contributed by atoms with Crippen LogP contribution in [0.1, 0.15) is 11.1 Å². The van der Waals surface area contributed by atoms with E-state index in [4.69, 9.17) is 21.1 Å². The molecule has 2 aliphatic rings. The molecule has 2 aromatic carbocycles. The molecule has 2 aliphatic heterocycles. The lowest BCUT2D eigenvalue weighted by Crippen LogP contribution is -2.49. The van der Waals surface area contributed by atoms with E-state index in [-0.39, 0.29) is 29.0 Å². The molecule has 0 unspecified atom stereocenters. The normalized spacial score (nSPS) is 17.6. The molecule has 2 heterocycles. The molecule has 7 nitrogen and oxygen atoms in total. The van der Waals surface area contributed by atoms with E-state index in [2.05, 4.69) is 10.3 Å². The Bertz CT molecular complexity index is 1220. The summed E-state index contributed by atoms with van der Waals surface area (Å²) in [6.45, 7) is 1.13. The first kappa shape index (κ1) is 24.0. The Morgan fingerprint density at radius 2 is 1.91 bits per heavy atom. The van der Waals surface area contributed by atoms with Gasteiger partial charge in [-0.15, -0.1) is 0 Å². The molecule has 178 valence electrons. The lowest BCUT2D eigenvalue weighted by Gasteiger charge is -2.27. The maximum absolute atomic E-state index is 13.4. The van der Waals surface area contributed by atoms with E-state index in [1.807, 2.05) is 0 Å². The number of amides is 2. The van der Waals surface area contributed by atoms with Crippen molar-refractivity contribution in [2.45, 2.75) is 6.18 Å². The van der Waals surface area contributed by atoms with Crippen LogP contribution >= 0.6 is 23.4 Å². The number of hydrogen-bond acceptors (Lipinski definition) is 6. The second kappa shape index (κ2) is 9.59. The van der Waals surface area contributed by atoms with Crippen LogP contribution in [0.4, 0.5) is 13.2 Å². The Kier molecular flexibility index (Phi) is 6.76. The summed E-state index contributed by atoms with van der Waals surface area (Å²) in [4.78, 5) is 30.0. The van der Waals surface area contributed by atoms with E-state index < -0.39 is 23.4 Å². The number of amidine groups is 1. The summed E-state index contributed by atoms with van der Waals surface area (Å²) in [5, 5.41) is 3.08. The number of benzene rings is 2. The molecule has 0 bridgehead atoms. The number of carbonyl (C=O) groups is 2. The summed E-state index contributed by atoms with van der Waals surface area (Å²) in [5.41, 5.74) is -0.461. The minimum atomic E-state index is -4.66. The summed E-state index contributed by atoms with van der Waals surface area (Å²) in [6.07, 6.45) is -3.08. The number of ether oxygens (including phenoxy) is 2. The molecule has 0 aromatic heterocycles. The van der Waals surface area contributed by atoms with Crippen molar-refractivity contribution in [1.29, 1.82) is 0 Å². The number of thioether (sulfide) groups is 1. The van der Waals surface area contributed by atoms with E-state index in [9.17, 15) is 22.8 Å². The summed E-state index contributed by atoms with van der Waals surface area (Å²) in [6, 6.07) is 7.77. The fourth-order valence-corrected chi connectivity index (χ4v) is 4.39. The highest BCUT2D eigenvalue weighted by molar-refractivity contribution is 8.18. The van der Waals surface area contributed by atoms with Crippen LogP contribution in [-0.2, 0) is 15.8 Å². The predicted molar refractivity (Wildman–Crippen MR) is 122 cm³/mol. The average Bonchev–Trinajstić information content (AvgIpc) is 3.15. The third-order valence-electron chi connectivity index (χ3n) is 4.87. The summed E-state index contributed by atoms with van der Waals surface area (Å²) in [5.74, 6) is -0.789. The maximum Gasteiger partial charge on any atom is 0.420 e. The molecule has 1 saturated heterocycles. The smallest absolute Gasteiger partial charge is 0.420 e. The van der Waals surface area contributed by atoms with E-state index in [0.29, 0.717) is 28.7 Å². The molecule has 1 N–H and O–H groups in total. The quantitative estimate of drug-likeness (QED) is 0.606. The third-order valence-corrected chi connectivity index (χ3v) is 6.15. The first-order valence-electron chi connectivity index (χ1n) is 9.91. The van der Waals surface area contributed by atoms with E-state index in [1.165, 1.54) is 25.3 Å². The fourth-order valence-electron chi connectivity index (χ4n) is 3.28. The number of hydrogen-bond donors (Lipinski definition) is 1. The molecular formula is C22H17ClF3N3O4S. The van der Waals surface area contributed by atoms with Gasteiger partial charge in [-0.25, -0.2) is 0 Å². The number of aliphatic imine (C=N–C) groups is 1. The number of methoxy groups -OCH3 is 1.